The van der Waals surface area contributed by atoms with Crippen LogP contribution in [0.1, 0.15) is 5.56 Å². The second-order valence-electron chi connectivity index (χ2n) is 4.73. The summed E-state index contributed by atoms with van der Waals surface area (Å²) in [6.45, 7) is 1.53. The minimum absolute atomic E-state index is 0.217. The van der Waals surface area contributed by atoms with E-state index in [2.05, 4.69) is 4.72 Å². The Morgan fingerprint density at radius 1 is 1.35 bits per heavy atom. The van der Waals surface area contributed by atoms with E-state index in [0.29, 0.717) is 5.56 Å². The molecule has 1 saturated heterocycles. The molecule has 20 heavy (non-hydrogen) atoms. The summed E-state index contributed by atoms with van der Waals surface area (Å²) in [5.41, 5.74) is 0.367. The monoisotopic (exact) mass is 341 g/mol. The maximum atomic E-state index is 13.2. The van der Waals surface area contributed by atoms with Gasteiger partial charge in [0.15, 0.2) is 9.84 Å². The van der Waals surface area contributed by atoms with Gasteiger partial charge in [-0.05, 0) is 24.6 Å². The van der Waals surface area contributed by atoms with Gasteiger partial charge in [0, 0.05) is 0 Å². The quantitative estimate of drug-likeness (QED) is 0.825. The molecular formula is C11H13ClFNO4S2. The van der Waals surface area contributed by atoms with Crippen molar-refractivity contribution in [2.45, 2.75) is 23.2 Å². The minimum Gasteiger partial charge on any atom is -0.229 e. The lowest BCUT2D eigenvalue weighted by molar-refractivity contribution is 0.560. The van der Waals surface area contributed by atoms with E-state index < -0.39 is 37.1 Å². The summed E-state index contributed by atoms with van der Waals surface area (Å²) in [5, 5.41) is -0.830. The van der Waals surface area contributed by atoms with Crippen molar-refractivity contribution in [3.8, 4) is 0 Å². The summed E-state index contributed by atoms with van der Waals surface area (Å²) in [7, 11) is -7.37. The van der Waals surface area contributed by atoms with E-state index in [1.807, 2.05) is 0 Å². The van der Waals surface area contributed by atoms with E-state index in [-0.39, 0.29) is 16.4 Å². The molecule has 0 spiro atoms. The Hall–Kier alpha value is -0.700. The minimum atomic E-state index is -4.02. The van der Waals surface area contributed by atoms with Crippen LogP contribution in [0.2, 0.25) is 0 Å². The molecule has 0 saturated carbocycles. The fourth-order valence-corrected chi connectivity index (χ4v) is 6.30. The third-order valence-electron chi connectivity index (χ3n) is 3.03. The van der Waals surface area contributed by atoms with E-state index in [1.165, 1.54) is 13.0 Å². The molecule has 0 amide bonds. The molecular weight excluding hydrogens is 329 g/mol. The Labute approximate surface area is 122 Å². The topological polar surface area (TPSA) is 80.3 Å². The van der Waals surface area contributed by atoms with Gasteiger partial charge >= 0.3 is 0 Å². The van der Waals surface area contributed by atoms with Crippen molar-refractivity contribution in [1.29, 1.82) is 0 Å². The van der Waals surface area contributed by atoms with E-state index in [9.17, 15) is 21.2 Å². The highest BCUT2D eigenvalue weighted by Gasteiger charge is 2.39. The lowest BCUT2D eigenvalue weighted by Crippen LogP contribution is -2.40. The zero-order valence-electron chi connectivity index (χ0n) is 10.5. The molecule has 1 aromatic carbocycles. The first-order valence-corrected chi connectivity index (χ1v) is 9.48. The fourth-order valence-electron chi connectivity index (χ4n) is 2.04. The normalized spacial score (nSPS) is 25.8. The summed E-state index contributed by atoms with van der Waals surface area (Å²) >= 11 is 5.85. The van der Waals surface area contributed by atoms with Crippen molar-refractivity contribution in [3.63, 3.8) is 0 Å². The molecule has 1 aromatic rings. The SMILES string of the molecule is Cc1ccc(F)cc1S(=O)(=O)NC1CS(=O)(=O)CC1Cl. The summed E-state index contributed by atoms with van der Waals surface area (Å²) in [5.74, 6) is -1.31. The van der Waals surface area contributed by atoms with Gasteiger partial charge in [-0.3, -0.25) is 0 Å². The molecule has 9 heteroatoms. The Morgan fingerprint density at radius 2 is 2.00 bits per heavy atom. The van der Waals surface area contributed by atoms with Crippen LogP contribution in [0, 0.1) is 12.7 Å². The van der Waals surface area contributed by atoms with Crippen LogP contribution in [0.15, 0.2) is 23.1 Å². The number of sulfone groups is 1. The van der Waals surface area contributed by atoms with Gasteiger partial charge in [-0.2, -0.15) is 0 Å². The Kier molecular flexibility index (Phi) is 4.12. The van der Waals surface area contributed by atoms with Gasteiger partial charge in [0.25, 0.3) is 0 Å². The number of halogens is 2. The van der Waals surface area contributed by atoms with Crippen molar-refractivity contribution >= 4 is 31.5 Å². The molecule has 1 N–H and O–H groups in total. The van der Waals surface area contributed by atoms with E-state index >= 15 is 0 Å². The highest BCUT2D eigenvalue weighted by molar-refractivity contribution is 7.92. The maximum absolute atomic E-state index is 13.2. The van der Waals surface area contributed by atoms with Crippen molar-refractivity contribution in [2.75, 3.05) is 11.5 Å². The van der Waals surface area contributed by atoms with Crippen LogP contribution in [0.4, 0.5) is 4.39 Å². The van der Waals surface area contributed by atoms with E-state index in [1.54, 1.807) is 0 Å². The average Bonchev–Trinajstić information content (AvgIpc) is 2.54. The Balaban J connectivity index is 2.31. The van der Waals surface area contributed by atoms with Crippen LogP contribution in [-0.2, 0) is 19.9 Å². The zero-order chi connectivity index (χ0) is 15.1. The van der Waals surface area contributed by atoms with Crippen LogP contribution in [-0.4, -0.2) is 39.8 Å². The number of hydrogen-bond acceptors (Lipinski definition) is 4. The summed E-state index contributed by atoms with van der Waals surface area (Å²) in [6, 6.07) is 2.48. The lowest BCUT2D eigenvalue weighted by Gasteiger charge is -2.15. The number of sulfonamides is 1. The number of aryl methyl sites for hydroxylation is 1. The summed E-state index contributed by atoms with van der Waals surface area (Å²) < 4.78 is 62.6. The molecule has 1 aliphatic rings. The van der Waals surface area contributed by atoms with Crippen molar-refractivity contribution in [1.82, 2.24) is 4.72 Å². The Bertz CT molecular complexity index is 733. The molecule has 2 unspecified atom stereocenters. The molecule has 2 rings (SSSR count). The second kappa shape index (κ2) is 5.25. The van der Waals surface area contributed by atoms with Gasteiger partial charge in [0.05, 0.1) is 27.8 Å². The number of hydrogen-bond donors (Lipinski definition) is 1. The number of alkyl halides is 1. The van der Waals surface area contributed by atoms with Crippen LogP contribution >= 0.6 is 11.6 Å². The third kappa shape index (κ3) is 3.30. The molecule has 5 nitrogen and oxygen atoms in total. The van der Waals surface area contributed by atoms with Crippen LogP contribution in [0.3, 0.4) is 0 Å². The fraction of sp³-hybridized carbons (Fsp3) is 0.455. The van der Waals surface area contributed by atoms with Gasteiger partial charge in [-0.1, -0.05) is 6.07 Å². The molecule has 1 aliphatic heterocycles. The predicted octanol–water partition coefficient (Wildman–Crippen LogP) is 0.817. The van der Waals surface area contributed by atoms with Crippen LogP contribution in [0.25, 0.3) is 0 Å². The lowest BCUT2D eigenvalue weighted by atomic mass is 10.2. The highest BCUT2D eigenvalue weighted by Crippen LogP contribution is 2.22. The smallest absolute Gasteiger partial charge is 0.229 e. The molecule has 0 aliphatic carbocycles. The summed E-state index contributed by atoms with van der Waals surface area (Å²) in [6.07, 6.45) is 0. The molecule has 0 aromatic heterocycles. The summed E-state index contributed by atoms with van der Waals surface area (Å²) in [4.78, 5) is -0.217. The van der Waals surface area contributed by atoms with Crippen molar-refractivity contribution in [2.24, 2.45) is 0 Å². The number of rotatable bonds is 3. The first kappa shape index (κ1) is 15.7. The number of nitrogens with one attached hydrogen (secondary N) is 1. The molecule has 2 atom stereocenters. The second-order valence-corrected chi connectivity index (χ2v) is 9.13. The largest absolute Gasteiger partial charge is 0.241 e. The van der Waals surface area contributed by atoms with Gasteiger partial charge in [0.1, 0.15) is 5.82 Å². The van der Waals surface area contributed by atoms with Crippen molar-refractivity contribution in [3.05, 3.63) is 29.6 Å². The van der Waals surface area contributed by atoms with Crippen LogP contribution in [0.5, 0.6) is 0 Å². The van der Waals surface area contributed by atoms with E-state index in [0.717, 1.165) is 12.1 Å². The Morgan fingerprint density at radius 3 is 2.55 bits per heavy atom. The molecule has 112 valence electrons. The predicted molar refractivity (Wildman–Crippen MR) is 73.5 cm³/mol. The third-order valence-corrected chi connectivity index (χ3v) is 7.04. The molecule has 0 radical (unpaired) electrons. The van der Waals surface area contributed by atoms with Crippen molar-refractivity contribution < 1.29 is 21.2 Å². The maximum Gasteiger partial charge on any atom is 0.241 e. The zero-order valence-corrected chi connectivity index (χ0v) is 12.9. The first-order valence-electron chi connectivity index (χ1n) is 5.74. The highest BCUT2D eigenvalue weighted by atomic mass is 35.5. The van der Waals surface area contributed by atoms with Crippen LogP contribution < -0.4 is 4.72 Å². The van der Waals surface area contributed by atoms with Gasteiger partial charge in [0.2, 0.25) is 10.0 Å². The number of benzene rings is 1. The van der Waals surface area contributed by atoms with E-state index in [4.69, 9.17) is 11.6 Å². The molecule has 1 fully saturated rings. The molecule has 1 heterocycles. The van der Waals surface area contributed by atoms with Gasteiger partial charge in [-0.25, -0.2) is 25.9 Å². The standard InChI is InChI=1S/C11H13ClFNO4S2/c1-7-2-3-8(13)4-11(7)20(17,18)14-10-6-19(15,16)5-9(10)12/h2-4,9-10,14H,5-6H2,1H3. The average molecular weight is 342 g/mol. The first-order chi connectivity index (χ1) is 9.11. The molecule has 0 bridgehead atoms. The van der Waals surface area contributed by atoms with Gasteiger partial charge < -0.3 is 0 Å². The van der Waals surface area contributed by atoms with Gasteiger partial charge in [-0.15, -0.1) is 11.6 Å².